The van der Waals surface area contributed by atoms with Gasteiger partial charge >= 0.3 is 35.5 Å². The smallest absolute Gasteiger partial charge is 1.00 e. The van der Waals surface area contributed by atoms with E-state index in [4.69, 9.17) is 5.11 Å². The van der Waals surface area contributed by atoms with Crippen molar-refractivity contribution in [1.82, 2.24) is 14.7 Å². The van der Waals surface area contributed by atoms with Gasteiger partial charge in [-0.2, -0.15) is 5.10 Å². The summed E-state index contributed by atoms with van der Waals surface area (Å²) in [5.41, 5.74) is 3.14. The maximum Gasteiger partial charge on any atom is 1.00 e. The first-order valence-electron chi connectivity index (χ1n) is 12.8. The molecule has 0 fully saturated rings. The van der Waals surface area contributed by atoms with Gasteiger partial charge in [-0.25, -0.2) is 13.5 Å². The zero-order valence-corrected chi connectivity index (χ0v) is 25.6. The van der Waals surface area contributed by atoms with Gasteiger partial charge in [0.25, 0.3) is 5.91 Å². The molecule has 3 N–H and O–H groups in total. The van der Waals surface area contributed by atoms with Crippen LogP contribution in [0.1, 0.15) is 73.3 Å². The molecule has 212 valence electrons. The molecule has 11 heteroatoms. The fourth-order valence-electron chi connectivity index (χ4n) is 4.62. The number of benzene rings is 2. The van der Waals surface area contributed by atoms with Crippen LogP contribution in [0.2, 0.25) is 0 Å². The Morgan fingerprint density at radius 2 is 1.73 bits per heavy atom. The number of aliphatic hydroxyl groups excluding tert-OH is 2. The van der Waals surface area contributed by atoms with Crippen LogP contribution in [-0.2, 0) is 17.8 Å². The van der Waals surface area contributed by atoms with Gasteiger partial charge in [0, 0.05) is 24.8 Å². The van der Waals surface area contributed by atoms with Gasteiger partial charge in [-0.15, -0.1) is 0 Å². The summed E-state index contributed by atoms with van der Waals surface area (Å²) >= 11 is 0. The average molecular weight is 568 g/mol. The maximum atomic E-state index is 14.1. The normalized spacial score (nSPS) is 12.6. The molecule has 0 bridgehead atoms. The van der Waals surface area contributed by atoms with E-state index in [0.717, 1.165) is 0 Å². The summed E-state index contributed by atoms with van der Waals surface area (Å²) in [5, 5.41) is 33.9. The van der Waals surface area contributed by atoms with Crippen LogP contribution in [0.5, 0.6) is 0 Å². The van der Waals surface area contributed by atoms with E-state index in [2.05, 4.69) is 5.10 Å². The van der Waals surface area contributed by atoms with Crippen molar-refractivity contribution >= 4 is 11.9 Å². The predicted molar refractivity (Wildman–Crippen MR) is 143 cm³/mol. The average Bonchev–Trinajstić information content (AvgIpc) is 3.24. The Kier molecular flexibility index (Phi) is 12.5. The molecule has 0 radical (unpaired) electrons. The molecule has 0 aliphatic rings. The number of aliphatic carboxylic acids is 1. The van der Waals surface area contributed by atoms with Crippen molar-refractivity contribution in [3.05, 3.63) is 82.2 Å². The van der Waals surface area contributed by atoms with E-state index in [1.165, 1.54) is 35.2 Å². The first-order valence-corrected chi connectivity index (χ1v) is 12.8. The third-order valence-electron chi connectivity index (χ3n) is 6.68. The molecule has 2 unspecified atom stereocenters. The minimum Gasteiger partial charge on any atom is -1.00 e. The minimum atomic E-state index is -1.19. The number of amides is 1. The van der Waals surface area contributed by atoms with Gasteiger partial charge in [-0.3, -0.25) is 9.59 Å². The Morgan fingerprint density at radius 1 is 1.07 bits per heavy atom. The van der Waals surface area contributed by atoms with Gasteiger partial charge in [-0.05, 0) is 73.6 Å². The van der Waals surface area contributed by atoms with Gasteiger partial charge in [0.05, 0.1) is 24.3 Å². The molecule has 2 atom stereocenters. The predicted octanol–water partition coefficient (Wildman–Crippen LogP) is 1.49. The topological polar surface area (TPSA) is 116 Å². The van der Waals surface area contributed by atoms with Gasteiger partial charge in [0.1, 0.15) is 11.6 Å². The molecule has 8 nitrogen and oxygen atoms in total. The number of carboxylic acids is 1. The van der Waals surface area contributed by atoms with E-state index in [1.807, 2.05) is 13.8 Å². The van der Waals surface area contributed by atoms with Crippen molar-refractivity contribution in [2.24, 2.45) is 0 Å². The molecule has 0 spiro atoms. The summed E-state index contributed by atoms with van der Waals surface area (Å²) in [7, 11) is 1.61. The van der Waals surface area contributed by atoms with Crippen LogP contribution in [0.3, 0.4) is 0 Å². The van der Waals surface area contributed by atoms with Crippen molar-refractivity contribution in [2.45, 2.75) is 71.1 Å². The molecule has 0 aliphatic heterocycles. The molecule has 1 aromatic heterocycles. The SMILES string of the molecule is Cc1c(F)cccc1CN(C)C(=O)c1nn(-c2ccc(F)cc2)c(CCC(O)CC(O)CC(=O)O)c1C(C)C.[H-].[Na+]. The van der Waals surface area contributed by atoms with Crippen molar-refractivity contribution in [3.8, 4) is 5.69 Å². The summed E-state index contributed by atoms with van der Waals surface area (Å²) in [4.78, 5) is 26.0. The molecule has 0 saturated heterocycles. The Labute approximate surface area is 256 Å². The van der Waals surface area contributed by atoms with Crippen LogP contribution >= 0.6 is 0 Å². The third-order valence-corrected chi connectivity index (χ3v) is 6.68. The zero-order chi connectivity index (χ0) is 28.9. The fraction of sp³-hybridized carbons (Fsp3) is 0.414. The van der Waals surface area contributed by atoms with Crippen LogP contribution in [-0.4, -0.2) is 61.1 Å². The van der Waals surface area contributed by atoms with E-state index < -0.39 is 30.4 Å². The Balaban J connectivity index is 0.00000420. The number of hydrogen-bond donors (Lipinski definition) is 3. The number of rotatable bonds is 12. The van der Waals surface area contributed by atoms with Crippen LogP contribution in [0.15, 0.2) is 42.5 Å². The molecular weight excluding hydrogens is 531 g/mol. The molecule has 0 aliphatic carbocycles. The molecule has 1 amide bonds. The first kappa shape index (κ1) is 33.6. The third kappa shape index (κ3) is 8.44. The van der Waals surface area contributed by atoms with Gasteiger partial charge in [0.15, 0.2) is 5.69 Å². The van der Waals surface area contributed by atoms with Gasteiger partial charge < -0.3 is 21.6 Å². The van der Waals surface area contributed by atoms with Crippen LogP contribution in [0.4, 0.5) is 8.78 Å². The standard InChI is InChI=1S/C29H35F2N3O5.Na.H/c1-17(2)27-25(13-12-22(35)14-23(36)15-26(37)38)34(21-10-8-20(30)9-11-21)32-28(27)29(39)33(4)16-19-6-5-7-24(31)18(19)3;;/h5-11,17,22-23,35-36H,12-16H2,1-4H3,(H,37,38);;/q;+1;-1. The summed E-state index contributed by atoms with van der Waals surface area (Å²) < 4.78 is 29.3. The molecule has 3 aromatic rings. The number of carbonyl (C=O) groups is 2. The Hall–Kier alpha value is -2.63. The maximum absolute atomic E-state index is 14.1. The fourth-order valence-corrected chi connectivity index (χ4v) is 4.62. The monoisotopic (exact) mass is 567 g/mol. The quantitative estimate of drug-likeness (QED) is 0.286. The van der Waals surface area contributed by atoms with Crippen molar-refractivity contribution in [3.63, 3.8) is 0 Å². The van der Waals surface area contributed by atoms with Gasteiger partial charge in [-0.1, -0.05) is 26.0 Å². The van der Waals surface area contributed by atoms with E-state index >= 15 is 0 Å². The second-order valence-corrected chi connectivity index (χ2v) is 10.1. The van der Waals surface area contributed by atoms with E-state index in [9.17, 15) is 28.6 Å². The van der Waals surface area contributed by atoms with E-state index in [0.29, 0.717) is 28.1 Å². The van der Waals surface area contributed by atoms with Crippen LogP contribution < -0.4 is 29.6 Å². The number of nitrogens with zero attached hydrogens (tertiary/aromatic N) is 3. The van der Waals surface area contributed by atoms with Gasteiger partial charge in [0.2, 0.25) is 0 Å². The van der Waals surface area contributed by atoms with Crippen molar-refractivity contribution in [1.29, 1.82) is 0 Å². The number of hydrogen-bond acceptors (Lipinski definition) is 5. The number of carboxylic acid groups (broad SMARTS) is 1. The van der Waals surface area contributed by atoms with E-state index in [1.54, 1.807) is 30.8 Å². The van der Waals surface area contributed by atoms with Crippen LogP contribution in [0.25, 0.3) is 5.69 Å². The van der Waals surface area contributed by atoms with Crippen LogP contribution in [0, 0.1) is 18.6 Å². The number of halogens is 2. The number of aliphatic hydroxyl groups is 2. The van der Waals surface area contributed by atoms with E-state index in [-0.39, 0.29) is 80.1 Å². The zero-order valence-electron chi connectivity index (χ0n) is 24.6. The summed E-state index contributed by atoms with van der Waals surface area (Å²) in [5.74, 6) is -2.46. The molecule has 40 heavy (non-hydrogen) atoms. The van der Waals surface area contributed by atoms with Crippen molar-refractivity contribution < 1.29 is 64.7 Å². The Morgan fingerprint density at radius 3 is 2.33 bits per heavy atom. The summed E-state index contributed by atoms with van der Waals surface area (Å²) in [6, 6.07) is 10.4. The number of carbonyl (C=O) groups excluding carboxylic acids is 1. The number of aromatic nitrogens is 2. The minimum absolute atomic E-state index is 0. The summed E-state index contributed by atoms with van der Waals surface area (Å²) in [6.45, 7) is 5.65. The Bertz CT molecular complexity index is 1320. The molecule has 0 saturated carbocycles. The second-order valence-electron chi connectivity index (χ2n) is 10.1. The molecule has 2 aromatic carbocycles. The first-order chi connectivity index (χ1) is 18.4. The molecular formula is C29H36F2N3NaO5. The molecule has 3 rings (SSSR count). The second kappa shape index (κ2) is 14.8. The molecule has 1 heterocycles. The summed E-state index contributed by atoms with van der Waals surface area (Å²) in [6.07, 6.45) is -2.34. The van der Waals surface area contributed by atoms with Crippen molar-refractivity contribution in [2.75, 3.05) is 7.05 Å². The largest absolute Gasteiger partial charge is 1.00 e.